The van der Waals surface area contributed by atoms with Crippen LogP contribution in [0, 0.1) is 5.92 Å². The van der Waals surface area contributed by atoms with Crippen LogP contribution in [-0.2, 0) is 6.54 Å². The van der Waals surface area contributed by atoms with Crippen LogP contribution in [0.4, 0.5) is 0 Å². The van der Waals surface area contributed by atoms with Crippen molar-refractivity contribution in [2.75, 3.05) is 13.1 Å². The Morgan fingerprint density at radius 3 is 3.00 bits per heavy atom. The topological polar surface area (TPSA) is 29.9 Å². The van der Waals surface area contributed by atoms with Crippen molar-refractivity contribution in [3.05, 3.63) is 29.9 Å². The molecule has 1 fully saturated rings. The summed E-state index contributed by atoms with van der Waals surface area (Å²) in [4.78, 5) is 5.72. The van der Waals surface area contributed by atoms with Crippen LogP contribution in [-0.4, -0.2) is 22.6 Å². The number of hydrogen-bond donors (Lipinski definition) is 1. The summed E-state index contributed by atoms with van der Waals surface area (Å²) < 4.78 is 2.25. The molecule has 4 heteroatoms. The number of thiophene rings is 1. The average molecular weight is 289 g/mol. The van der Waals surface area contributed by atoms with E-state index >= 15 is 0 Å². The van der Waals surface area contributed by atoms with Crippen LogP contribution in [0.5, 0.6) is 0 Å². The van der Waals surface area contributed by atoms with Crippen molar-refractivity contribution >= 4 is 11.3 Å². The molecule has 0 aliphatic heterocycles. The van der Waals surface area contributed by atoms with Gasteiger partial charge in [-0.15, -0.1) is 11.3 Å². The van der Waals surface area contributed by atoms with Crippen LogP contribution < -0.4 is 5.32 Å². The number of rotatable bonds is 6. The second kappa shape index (κ2) is 7.04. The summed E-state index contributed by atoms with van der Waals surface area (Å²) in [7, 11) is 0. The molecule has 2 aromatic heterocycles. The lowest BCUT2D eigenvalue weighted by Gasteiger charge is -2.21. The Morgan fingerprint density at radius 2 is 2.20 bits per heavy atom. The van der Waals surface area contributed by atoms with Gasteiger partial charge in [-0.1, -0.05) is 25.3 Å². The normalized spacial score (nSPS) is 16.6. The molecule has 108 valence electrons. The molecule has 2 aromatic rings. The molecule has 2 heterocycles. The third-order valence-corrected chi connectivity index (χ3v) is 5.01. The highest BCUT2D eigenvalue weighted by Gasteiger charge is 2.12. The summed E-state index contributed by atoms with van der Waals surface area (Å²) in [6.07, 6.45) is 11.1. The smallest absolute Gasteiger partial charge is 0.150 e. The molecule has 1 aliphatic rings. The van der Waals surface area contributed by atoms with Gasteiger partial charge in [0.2, 0.25) is 0 Å². The van der Waals surface area contributed by atoms with Crippen molar-refractivity contribution in [2.24, 2.45) is 5.92 Å². The van der Waals surface area contributed by atoms with E-state index in [1.165, 1.54) is 43.5 Å². The monoisotopic (exact) mass is 289 g/mol. The Kier molecular flexibility index (Phi) is 4.87. The highest BCUT2D eigenvalue weighted by Crippen LogP contribution is 2.23. The van der Waals surface area contributed by atoms with Crippen molar-refractivity contribution < 1.29 is 0 Å². The van der Waals surface area contributed by atoms with E-state index in [4.69, 9.17) is 0 Å². The number of aromatic nitrogens is 2. The van der Waals surface area contributed by atoms with Crippen molar-refractivity contribution in [1.29, 1.82) is 0 Å². The van der Waals surface area contributed by atoms with E-state index in [1.54, 1.807) is 11.3 Å². The summed E-state index contributed by atoms with van der Waals surface area (Å²) in [5, 5.41) is 5.73. The summed E-state index contributed by atoms with van der Waals surface area (Å²) in [5.74, 6) is 2.00. The van der Waals surface area contributed by atoms with Crippen molar-refractivity contribution in [3.63, 3.8) is 0 Å². The standard InChI is InChI=1S/C16H23N3S/c1-2-5-14(6-3-1)13-17-8-10-19-11-9-18-16(19)15-7-4-12-20-15/h4,7,9,11-12,14,17H,1-3,5-6,8,10,13H2. The van der Waals surface area contributed by atoms with Gasteiger partial charge in [-0.2, -0.15) is 0 Å². The average Bonchev–Trinajstić information content (AvgIpc) is 3.15. The maximum Gasteiger partial charge on any atom is 0.150 e. The first-order valence-corrected chi connectivity index (χ1v) is 8.57. The quantitative estimate of drug-likeness (QED) is 0.820. The lowest BCUT2D eigenvalue weighted by molar-refractivity contribution is 0.341. The molecule has 0 spiro atoms. The zero-order valence-electron chi connectivity index (χ0n) is 11.9. The fourth-order valence-electron chi connectivity index (χ4n) is 3.02. The minimum Gasteiger partial charge on any atom is -0.329 e. The van der Waals surface area contributed by atoms with Crippen LogP contribution in [0.3, 0.4) is 0 Å². The Labute approximate surface area is 125 Å². The number of imidazole rings is 1. The van der Waals surface area contributed by atoms with E-state index in [-0.39, 0.29) is 0 Å². The van der Waals surface area contributed by atoms with E-state index in [1.807, 2.05) is 6.20 Å². The van der Waals surface area contributed by atoms with Gasteiger partial charge in [-0.3, -0.25) is 0 Å². The molecule has 1 aliphatic carbocycles. The molecule has 3 nitrogen and oxygen atoms in total. The Bertz CT molecular complexity index is 498. The first kappa shape index (κ1) is 13.8. The van der Waals surface area contributed by atoms with E-state index in [9.17, 15) is 0 Å². The largest absolute Gasteiger partial charge is 0.329 e. The van der Waals surface area contributed by atoms with Gasteiger partial charge in [-0.25, -0.2) is 4.98 Å². The Hall–Kier alpha value is -1.13. The third-order valence-electron chi connectivity index (χ3n) is 4.14. The SMILES string of the molecule is c1csc(-c2nccn2CCNCC2CCCCC2)c1. The maximum absolute atomic E-state index is 4.47. The van der Waals surface area contributed by atoms with E-state index in [0.29, 0.717) is 0 Å². The van der Waals surface area contributed by atoms with E-state index in [2.05, 4.69) is 38.6 Å². The molecule has 3 rings (SSSR count). The fourth-order valence-corrected chi connectivity index (χ4v) is 3.75. The number of nitrogens with one attached hydrogen (secondary N) is 1. The molecule has 0 amide bonds. The minimum absolute atomic E-state index is 0.906. The minimum atomic E-state index is 0.906. The van der Waals surface area contributed by atoms with Crippen molar-refractivity contribution in [3.8, 4) is 10.7 Å². The van der Waals surface area contributed by atoms with Gasteiger partial charge in [0.1, 0.15) is 5.82 Å². The molecule has 0 unspecified atom stereocenters. The third kappa shape index (κ3) is 3.49. The lowest BCUT2D eigenvalue weighted by Crippen LogP contribution is -2.27. The van der Waals surface area contributed by atoms with Gasteiger partial charge in [-0.05, 0) is 36.8 Å². The van der Waals surface area contributed by atoms with Crippen LogP contribution in [0.1, 0.15) is 32.1 Å². The Balaban J connectivity index is 1.46. The Morgan fingerprint density at radius 1 is 1.30 bits per heavy atom. The van der Waals surface area contributed by atoms with Gasteiger partial charge in [0.05, 0.1) is 4.88 Å². The van der Waals surface area contributed by atoms with Crippen LogP contribution in [0.25, 0.3) is 10.7 Å². The highest BCUT2D eigenvalue weighted by atomic mass is 32.1. The molecule has 0 aromatic carbocycles. The number of nitrogens with zero attached hydrogens (tertiary/aromatic N) is 2. The molecule has 0 saturated heterocycles. The van der Waals surface area contributed by atoms with Gasteiger partial charge in [0.25, 0.3) is 0 Å². The van der Waals surface area contributed by atoms with Crippen molar-refractivity contribution in [1.82, 2.24) is 14.9 Å². The summed E-state index contributed by atoms with van der Waals surface area (Å²) in [5.41, 5.74) is 0. The van der Waals surface area contributed by atoms with Crippen LogP contribution >= 0.6 is 11.3 Å². The molecule has 20 heavy (non-hydrogen) atoms. The number of hydrogen-bond acceptors (Lipinski definition) is 3. The molecule has 1 saturated carbocycles. The van der Waals surface area contributed by atoms with Crippen molar-refractivity contribution in [2.45, 2.75) is 38.6 Å². The van der Waals surface area contributed by atoms with Crippen LogP contribution in [0.2, 0.25) is 0 Å². The van der Waals surface area contributed by atoms with Gasteiger partial charge in [0, 0.05) is 25.5 Å². The fraction of sp³-hybridized carbons (Fsp3) is 0.562. The van der Waals surface area contributed by atoms with Gasteiger partial charge >= 0.3 is 0 Å². The molecule has 0 atom stereocenters. The molecule has 0 bridgehead atoms. The molecule has 1 N–H and O–H groups in total. The van der Waals surface area contributed by atoms with E-state index < -0.39 is 0 Å². The second-order valence-corrected chi connectivity index (χ2v) is 6.58. The predicted molar refractivity (Wildman–Crippen MR) is 85.0 cm³/mol. The lowest BCUT2D eigenvalue weighted by atomic mass is 9.89. The zero-order valence-corrected chi connectivity index (χ0v) is 12.7. The molecular weight excluding hydrogens is 266 g/mol. The van der Waals surface area contributed by atoms with Gasteiger partial charge < -0.3 is 9.88 Å². The van der Waals surface area contributed by atoms with Gasteiger partial charge in [0.15, 0.2) is 0 Å². The molecule has 0 radical (unpaired) electrons. The molecular formula is C16H23N3S. The first-order valence-electron chi connectivity index (χ1n) is 7.69. The summed E-state index contributed by atoms with van der Waals surface area (Å²) in [6.45, 7) is 3.22. The highest BCUT2D eigenvalue weighted by molar-refractivity contribution is 7.13. The predicted octanol–water partition coefficient (Wildman–Crippen LogP) is 3.78. The second-order valence-electron chi connectivity index (χ2n) is 5.63. The summed E-state index contributed by atoms with van der Waals surface area (Å²) in [6, 6.07) is 4.22. The van der Waals surface area contributed by atoms with E-state index in [0.717, 1.165) is 24.8 Å². The maximum atomic E-state index is 4.47. The summed E-state index contributed by atoms with van der Waals surface area (Å²) >= 11 is 1.75. The first-order chi connectivity index (χ1) is 9.93. The van der Waals surface area contributed by atoms with Crippen LogP contribution in [0.15, 0.2) is 29.9 Å². The zero-order chi connectivity index (χ0) is 13.6.